The molecule has 1 amide bonds. The summed E-state index contributed by atoms with van der Waals surface area (Å²) in [5.41, 5.74) is 1.73. The number of aromatic nitrogens is 2. The third kappa shape index (κ3) is 2.83. The van der Waals surface area contributed by atoms with Gasteiger partial charge in [0.25, 0.3) is 11.5 Å². The van der Waals surface area contributed by atoms with Crippen LogP contribution >= 0.6 is 11.3 Å². The van der Waals surface area contributed by atoms with Crippen molar-refractivity contribution >= 4 is 33.1 Å². The zero-order valence-electron chi connectivity index (χ0n) is 12.9. The predicted octanol–water partition coefficient (Wildman–Crippen LogP) is 2.86. The van der Waals surface area contributed by atoms with Gasteiger partial charge in [-0.3, -0.25) is 9.59 Å². The van der Waals surface area contributed by atoms with Crippen molar-refractivity contribution in [1.82, 2.24) is 9.97 Å². The molecule has 0 fully saturated rings. The van der Waals surface area contributed by atoms with E-state index in [0.717, 1.165) is 11.3 Å². The second-order valence-electron chi connectivity index (χ2n) is 5.07. The SMILES string of the molecule is COc1ccc(NC(=O)c2sc3c(=O)[nH]c(C)nc3c2C)cc1. The van der Waals surface area contributed by atoms with Gasteiger partial charge in [0.2, 0.25) is 0 Å². The van der Waals surface area contributed by atoms with E-state index in [2.05, 4.69) is 15.3 Å². The number of amides is 1. The summed E-state index contributed by atoms with van der Waals surface area (Å²) in [4.78, 5) is 31.9. The Morgan fingerprint density at radius 3 is 2.61 bits per heavy atom. The molecule has 0 aliphatic carbocycles. The Labute approximate surface area is 136 Å². The molecule has 3 aromatic rings. The minimum Gasteiger partial charge on any atom is -0.497 e. The molecule has 0 saturated carbocycles. The summed E-state index contributed by atoms with van der Waals surface area (Å²) in [6.07, 6.45) is 0. The number of rotatable bonds is 3. The first-order valence-corrected chi connectivity index (χ1v) is 7.76. The van der Waals surface area contributed by atoms with Crippen molar-refractivity contribution in [2.24, 2.45) is 0 Å². The van der Waals surface area contributed by atoms with Crippen LogP contribution in [0.3, 0.4) is 0 Å². The van der Waals surface area contributed by atoms with E-state index in [4.69, 9.17) is 4.74 Å². The molecule has 0 unspecified atom stereocenters. The molecule has 3 rings (SSSR count). The second-order valence-corrected chi connectivity index (χ2v) is 6.09. The number of ether oxygens (including phenoxy) is 1. The maximum atomic E-state index is 12.5. The van der Waals surface area contributed by atoms with Crippen molar-refractivity contribution in [2.45, 2.75) is 13.8 Å². The Morgan fingerprint density at radius 2 is 1.96 bits per heavy atom. The Balaban J connectivity index is 1.96. The van der Waals surface area contributed by atoms with Crippen molar-refractivity contribution < 1.29 is 9.53 Å². The van der Waals surface area contributed by atoms with E-state index in [1.54, 1.807) is 45.2 Å². The number of thiophene rings is 1. The highest BCUT2D eigenvalue weighted by molar-refractivity contribution is 7.21. The first-order valence-electron chi connectivity index (χ1n) is 6.95. The number of hydrogen-bond acceptors (Lipinski definition) is 5. The molecule has 0 aliphatic rings. The van der Waals surface area contributed by atoms with Crippen molar-refractivity contribution in [1.29, 1.82) is 0 Å². The summed E-state index contributed by atoms with van der Waals surface area (Å²) in [6, 6.07) is 7.05. The average Bonchev–Trinajstić information content (AvgIpc) is 2.86. The fourth-order valence-corrected chi connectivity index (χ4v) is 3.33. The van der Waals surface area contributed by atoms with E-state index in [1.807, 2.05) is 0 Å². The van der Waals surface area contributed by atoms with Crippen LogP contribution < -0.4 is 15.6 Å². The van der Waals surface area contributed by atoms with Gasteiger partial charge >= 0.3 is 0 Å². The summed E-state index contributed by atoms with van der Waals surface area (Å²) in [5.74, 6) is 0.991. The zero-order valence-corrected chi connectivity index (χ0v) is 13.7. The number of nitrogens with one attached hydrogen (secondary N) is 2. The molecular formula is C16H15N3O3S. The molecule has 0 bridgehead atoms. The van der Waals surface area contributed by atoms with Gasteiger partial charge in [0.05, 0.1) is 17.5 Å². The van der Waals surface area contributed by atoms with E-state index in [9.17, 15) is 9.59 Å². The Bertz CT molecular complexity index is 942. The van der Waals surface area contributed by atoms with E-state index >= 15 is 0 Å². The number of anilines is 1. The van der Waals surface area contributed by atoms with Crippen molar-refractivity contribution in [2.75, 3.05) is 12.4 Å². The first-order chi connectivity index (χ1) is 11.0. The first kappa shape index (κ1) is 15.2. The molecule has 1 aromatic carbocycles. The van der Waals surface area contributed by atoms with Gasteiger partial charge < -0.3 is 15.0 Å². The van der Waals surface area contributed by atoms with Gasteiger partial charge in [-0.25, -0.2) is 4.98 Å². The number of carbonyl (C=O) groups is 1. The fraction of sp³-hybridized carbons (Fsp3) is 0.188. The second kappa shape index (κ2) is 5.85. The molecule has 118 valence electrons. The van der Waals surface area contributed by atoms with Crippen LogP contribution in [-0.2, 0) is 0 Å². The lowest BCUT2D eigenvalue weighted by molar-refractivity contribution is 0.103. The van der Waals surface area contributed by atoms with Crippen LogP contribution in [0.2, 0.25) is 0 Å². The normalized spacial score (nSPS) is 10.7. The molecule has 0 atom stereocenters. The summed E-state index contributed by atoms with van der Waals surface area (Å²) in [5, 5.41) is 2.82. The highest BCUT2D eigenvalue weighted by atomic mass is 32.1. The molecule has 0 radical (unpaired) electrons. The summed E-state index contributed by atoms with van der Waals surface area (Å²) in [7, 11) is 1.58. The number of carbonyl (C=O) groups excluding carboxylic acids is 1. The van der Waals surface area contributed by atoms with Crippen molar-refractivity contribution in [3.63, 3.8) is 0 Å². The number of nitrogens with zero attached hydrogens (tertiary/aromatic N) is 1. The van der Waals surface area contributed by atoms with E-state index in [0.29, 0.717) is 37.9 Å². The molecular weight excluding hydrogens is 314 g/mol. The van der Waals surface area contributed by atoms with Crippen LogP contribution in [0.25, 0.3) is 10.2 Å². The molecule has 7 heteroatoms. The van der Waals surface area contributed by atoms with Gasteiger partial charge in [0, 0.05) is 5.69 Å². The lowest BCUT2D eigenvalue weighted by atomic mass is 10.2. The number of hydrogen-bond donors (Lipinski definition) is 2. The third-order valence-electron chi connectivity index (χ3n) is 3.45. The number of fused-ring (bicyclic) bond motifs is 1. The van der Waals surface area contributed by atoms with Crippen LogP contribution in [0.5, 0.6) is 5.75 Å². The lowest BCUT2D eigenvalue weighted by Gasteiger charge is -2.05. The van der Waals surface area contributed by atoms with Gasteiger partial charge in [-0.15, -0.1) is 11.3 Å². The van der Waals surface area contributed by atoms with Gasteiger partial charge in [-0.1, -0.05) is 0 Å². The molecule has 0 spiro atoms. The Hall–Kier alpha value is -2.67. The molecule has 23 heavy (non-hydrogen) atoms. The van der Waals surface area contributed by atoms with Gasteiger partial charge in [0.15, 0.2) is 0 Å². The number of methoxy groups -OCH3 is 1. The van der Waals surface area contributed by atoms with Gasteiger partial charge in [-0.05, 0) is 43.7 Å². The van der Waals surface area contributed by atoms with Crippen LogP contribution in [0.15, 0.2) is 29.1 Å². The van der Waals surface area contributed by atoms with Gasteiger partial charge in [0.1, 0.15) is 16.3 Å². The smallest absolute Gasteiger partial charge is 0.268 e. The molecule has 2 aromatic heterocycles. The molecule has 0 saturated heterocycles. The third-order valence-corrected chi connectivity index (χ3v) is 4.73. The zero-order chi connectivity index (χ0) is 16.6. The van der Waals surface area contributed by atoms with Crippen LogP contribution in [0.1, 0.15) is 21.1 Å². The van der Waals surface area contributed by atoms with E-state index in [-0.39, 0.29) is 11.5 Å². The molecule has 2 N–H and O–H groups in total. The standard InChI is InChI=1S/C16H15N3O3S/c1-8-12-14(16(21)18-9(2)17-12)23-13(8)15(20)19-10-4-6-11(22-3)7-5-10/h4-7H,1-3H3,(H,19,20)(H,17,18,21). The van der Waals surface area contributed by atoms with Gasteiger partial charge in [-0.2, -0.15) is 0 Å². The van der Waals surface area contributed by atoms with Crippen LogP contribution in [0.4, 0.5) is 5.69 Å². The summed E-state index contributed by atoms with van der Waals surface area (Å²) in [6.45, 7) is 3.52. The number of aryl methyl sites for hydroxylation is 2. The van der Waals surface area contributed by atoms with E-state index in [1.165, 1.54) is 0 Å². The fourth-order valence-electron chi connectivity index (χ4n) is 2.29. The molecule has 0 aliphatic heterocycles. The van der Waals surface area contributed by atoms with Crippen molar-refractivity contribution in [3.05, 3.63) is 50.9 Å². The number of aromatic amines is 1. The largest absolute Gasteiger partial charge is 0.497 e. The topological polar surface area (TPSA) is 84.1 Å². The van der Waals surface area contributed by atoms with E-state index < -0.39 is 0 Å². The predicted molar refractivity (Wildman–Crippen MR) is 90.7 cm³/mol. The molecule has 6 nitrogen and oxygen atoms in total. The quantitative estimate of drug-likeness (QED) is 0.774. The minimum absolute atomic E-state index is 0.218. The Morgan fingerprint density at radius 1 is 1.26 bits per heavy atom. The maximum absolute atomic E-state index is 12.5. The average molecular weight is 329 g/mol. The monoisotopic (exact) mass is 329 g/mol. The highest BCUT2D eigenvalue weighted by Gasteiger charge is 2.18. The maximum Gasteiger partial charge on any atom is 0.268 e. The van der Waals surface area contributed by atoms with Crippen LogP contribution in [-0.4, -0.2) is 23.0 Å². The van der Waals surface area contributed by atoms with Crippen molar-refractivity contribution in [3.8, 4) is 5.75 Å². The number of H-pyrrole nitrogens is 1. The minimum atomic E-state index is -0.257. The lowest BCUT2D eigenvalue weighted by Crippen LogP contribution is -2.11. The number of benzene rings is 1. The van der Waals surface area contributed by atoms with Crippen LogP contribution in [0, 0.1) is 13.8 Å². The Kier molecular flexibility index (Phi) is 3.87. The summed E-state index contributed by atoms with van der Waals surface area (Å²) >= 11 is 1.15. The molecule has 2 heterocycles. The highest BCUT2D eigenvalue weighted by Crippen LogP contribution is 2.28. The summed E-state index contributed by atoms with van der Waals surface area (Å²) < 4.78 is 5.55.